The summed E-state index contributed by atoms with van der Waals surface area (Å²) in [5.41, 5.74) is 10.1. The average molecular weight is 501 g/mol. The van der Waals surface area contributed by atoms with E-state index >= 15 is 0 Å². The van der Waals surface area contributed by atoms with E-state index in [4.69, 9.17) is 5.73 Å². The Kier molecular flexibility index (Phi) is 6.52. The van der Waals surface area contributed by atoms with Gasteiger partial charge in [0.05, 0.1) is 11.4 Å². The van der Waals surface area contributed by atoms with Crippen LogP contribution in [-0.4, -0.2) is 16.9 Å². The Bertz CT molecular complexity index is 1430. The number of nitrogens with two attached hydrogens (primary N) is 1. The molecule has 0 unspecified atom stereocenters. The van der Waals surface area contributed by atoms with Crippen LogP contribution in [0.5, 0.6) is 0 Å². The van der Waals surface area contributed by atoms with Crippen LogP contribution in [-0.2, 0) is 6.54 Å². The monoisotopic (exact) mass is 500 g/mol. The van der Waals surface area contributed by atoms with Crippen LogP contribution in [0.2, 0.25) is 0 Å². The number of urea groups is 1. The number of anilines is 2. The summed E-state index contributed by atoms with van der Waals surface area (Å²) in [5, 5.41) is 3.16. The number of aromatic nitrogens is 1. The zero-order valence-electron chi connectivity index (χ0n) is 19.7. The Morgan fingerprint density at radius 2 is 1.86 bits per heavy atom. The van der Waals surface area contributed by atoms with Gasteiger partial charge in [0, 0.05) is 12.1 Å². The van der Waals surface area contributed by atoms with E-state index in [9.17, 15) is 14.0 Å². The Labute approximate surface area is 212 Å². The molecule has 5 rings (SSSR count). The molecule has 1 aliphatic rings. The van der Waals surface area contributed by atoms with Crippen LogP contribution in [0, 0.1) is 12.7 Å². The van der Waals surface area contributed by atoms with Crippen molar-refractivity contribution < 1.29 is 14.0 Å². The number of hydrogen-bond acceptors (Lipinski definition) is 4. The highest BCUT2D eigenvalue weighted by atomic mass is 32.1. The summed E-state index contributed by atoms with van der Waals surface area (Å²) in [7, 11) is 0. The maximum atomic E-state index is 14.1. The van der Waals surface area contributed by atoms with E-state index in [0.717, 1.165) is 40.9 Å². The predicted octanol–water partition coefficient (Wildman–Crippen LogP) is 6.28. The van der Waals surface area contributed by atoms with Crippen LogP contribution in [0.4, 0.5) is 20.0 Å². The number of carbonyl (C=O) groups excluding carboxylic acids is 2. The van der Waals surface area contributed by atoms with Crippen molar-refractivity contribution in [3.63, 3.8) is 0 Å². The summed E-state index contributed by atoms with van der Waals surface area (Å²) in [4.78, 5) is 32.2. The lowest BCUT2D eigenvalue weighted by atomic mass is 10.1. The zero-order valence-corrected chi connectivity index (χ0v) is 20.5. The first-order valence-electron chi connectivity index (χ1n) is 11.7. The summed E-state index contributed by atoms with van der Waals surface area (Å²) >= 11 is 1.05. The van der Waals surface area contributed by atoms with Gasteiger partial charge in [0.1, 0.15) is 10.7 Å². The molecule has 1 fully saturated rings. The highest BCUT2D eigenvalue weighted by Gasteiger charge is 2.29. The molecule has 8 heteroatoms. The highest BCUT2D eigenvalue weighted by Crippen LogP contribution is 2.43. The maximum absolute atomic E-state index is 14.1. The number of halogens is 1. The summed E-state index contributed by atoms with van der Waals surface area (Å²) in [5.74, 6) is -0.329. The van der Waals surface area contributed by atoms with Crippen LogP contribution >= 0.6 is 11.3 Å². The molecular formula is C28H25FN4O2S. The number of rotatable bonds is 7. The topological polar surface area (TPSA) is 88.3 Å². The molecule has 3 amide bonds. The molecule has 3 N–H and O–H groups in total. The Balaban J connectivity index is 1.56. The number of nitrogens with one attached hydrogen (secondary N) is 1. The molecule has 0 atom stereocenters. The van der Waals surface area contributed by atoms with Crippen LogP contribution in [0.15, 0.2) is 72.8 Å². The van der Waals surface area contributed by atoms with Gasteiger partial charge in [-0.1, -0.05) is 65.9 Å². The molecule has 36 heavy (non-hydrogen) atoms. The van der Waals surface area contributed by atoms with Crippen LogP contribution in [0.1, 0.15) is 45.1 Å². The second-order valence-electron chi connectivity index (χ2n) is 8.85. The van der Waals surface area contributed by atoms with Gasteiger partial charge in [0.15, 0.2) is 5.13 Å². The standard InChI is InChI=1S/C28H25FN4O2S/c1-17-10-11-20(19-12-13-19)15-23(17)33(27(30)35)28-32-24(21-8-5-9-22(29)14-21)25(36-28)26(34)31-16-18-6-3-2-4-7-18/h2-11,14-15,19H,12-13,16H2,1H3,(H2,30,35)(H,31,34). The van der Waals surface area contributed by atoms with E-state index in [1.165, 1.54) is 17.0 Å². The van der Waals surface area contributed by atoms with Crippen molar-refractivity contribution in [1.29, 1.82) is 0 Å². The molecule has 182 valence electrons. The minimum Gasteiger partial charge on any atom is -0.351 e. The van der Waals surface area contributed by atoms with Gasteiger partial charge < -0.3 is 11.1 Å². The molecule has 6 nitrogen and oxygen atoms in total. The lowest BCUT2D eigenvalue weighted by molar-refractivity contribution is 0.0955. The summed E-state index contributed by atoms with van der Waals surface area (Å²) in [6.45, 7) is 2.22. The molecule has 4 aromatic rings. The Morgan fingerprint density at radius 3 is 2.56 bits per heavy atom. The van der Waals surface area contributed by atoms with Gasteiger partial charge in [-0.2, -0.15) is 0 Å². The molecule has 0 aliphatic heterocycles. The normalized spacial score (nSPS) is 12.8. The number of amides is 3. The van der Waals surface area contributed by atoms with Crippen LogP contribution in [0.25, 0.3) is 11.3 Å². The van der Waals surface area contributed by atoms with Crippen molar-refractivity contribution in [3.8, 4) is 11.3 Å². The fourth-order valence-corrected chi connectivity index (χ4v) is 5.13. The summed E-state index contributed by atoms with van der Waals surface area (Å²) < 4.78 is 14.1. The fourth-order valence-electron chi connectivity index (χ4n) is 4.10. The number of nitrogens with zero attached hydrogens (tertiary/aromatic N) is 2. The number of hydrogen-bond donors (Lipinski definition) is 2. The Morgan fingerprint density at radius 1 is 1.08 bits per heavy atom. The van der Waals surface area contributed by atoms with E-state index in [1.807, 2.05) is 49.4 Å². The predicted molar refractivity (Wildman–Crippen MR) is 140 cm³/mol. The van der Waals surface area contributed by atoms with Gasteiger partial charge in [-0.25, -0.2) is 19.1 Å². The van der Waals surface area contributed by atoms with E-state index < -0.39 is 11.8 Å². The van der Waals surface area contributed by atoms with E-state index in [2.05, 4.69) is 16.4 Å². The minimum atomic E-state index is -0.707. The van der Waals surface area contributed by atoms with Crippen molar-refractivity contribution in [2.45, 2.75) is 32.2 Å². The van der Waals surface area contributed by atoms with Gasteiger partial charge in [-0.05, 0) is 60.6 Å². The van der Waals surface area contributed by atoms with E-state index in [0.29, 0.717) is 29.4 Å². The zero-order chi connectivity index (χ0) is 25.2. The summed E-state index contributed by atoms with van der Waals surface area (Å²) in [6, 6.07) is 20.7. The number of aryl methyl sites for hydroxylation is 1. The summed E-state index contributed by atoms with van der Waals surface area (Å²) in [6.07, 6.45) is 2.23. The first kappa shape index (κ1) is 23.7. The first-order chi connectivity index (χ1) is 17.4. The van der Waals surface area contributed by atoms with E-state index in [1.54, 1.807) is 12.1 Å². The van der Waals surface area contributed by atoms with Crippen molar-refractivity contribution in [1.82, 2.24) is 10.3 Å². The fraction of sp³-hybridized carbons (Fsp3) is 0.179. The number of primary amides is 1. The minimum absolute atomic E-state index is 0.252. The Hall–Kier alpha value is -4.04. The van der Waals surface area contributed by atoms with Crippen molar-refractivity contribution in [3.05, 3.63) is 100 Å². The van der Waals surface area contributed by atoms with Crippen LogP contribution < -0.4 is 16.0 Å². The number of carbonyl (C=O) groups is 2. The second kappa shape index (κ2) is 9.91. The molecule has 1 heterocycles. The molecule has 3 aromatic carbocycles. The number of benzene rings is 3. The maximum Gasteiger partial charge on any atom is 0.325 e. The average Bonchev–Trinajstić information content (AvgIpc) is 3.63. The van der Waals surface area contributed by atoms with Crippen molar-refractivity contribution >= 4 is 34.1 Å². The van der Waals surface area contributed by atoms with Crippen molar-refractivity contribution in [2.75, 3.05) is 4.90 Å². The van der Waals surface area contributed by atoms with Gasteiger partial charge in [-0.3, -0.25) is 4.79 Å². The smallest absolute Gasteiger partial charge is 0.325 e. The number of thiazole rings is 1. The third-order valence-corrected chi connectivity index (χ3v) is 7.19. The van der Waals surface area contributed by atoms with Gasteiger partial charge in [0.25, 0.3) is 5.91 Å². The van der Waals surface area contributed by atoms with Gasteiger partial charge in [0.2, 0.25) is 0 Å². The molecular weight excluding hydrogens is 475 g/mol. The lowest BCUT2D eigenvalue weighted by Gasteiger charge is -2.20. The van der Waals surface area contributed by atoms with Gasteiger partial charge in [-0.15, -0.1) is 0 Å². The highest BCUT2D eigenvalue weighted by molar-refractivity contribution is 7.18. The second-order valence-corrected chi connectivity index (χ2v) is 9.82. The largest absolute Gasteiger partial charge is 0.351 e. The van der Waals surface area contributed by atoms with Crippen LogP contribution in [0.3, 0.4) is 0 Å². The molecule has 0 radical (unpaired) electrons. The van der Waals surface area contributed by atoms with E-state index in [-0.39, 0.29) is 15.9 Å². The molecule has 1 aromatic heterocycles. The molecule has 0 spiro atoms. The first-order valence-corrected chi connectivity index (χ1v) is 12.5. The third kappa shape index (κ3) is 4.99. The van der Waals surface area contributed by atoms with Gasteiger partial charge >= 0.3 is 6.03 Å². The molecule has 0 saturated heterocycles. The SMILES string of the molecule is Cc1ccc(C2CC2)cc1N(C(N)=O)c1nc(-c2cccc(F)c2)c(C(=O)NCc2ccccc2)s1. The quantitative estimate of drug-likeness (QED) is 0.313. The molecule has 1 aliphatic carbocycles. The third-order valence-electron chi connectivity index (χ3n) is 6.15. The molecule has 1 saturated carbocycles. The lowest BCUT2D eigenvalue weighted by Crippen LogP contribution is -2.32. The van der Waals surface area contributed by atoms with Crippen molar-refractivity contribution in [2.24, 2.45) is 5.73 Å². The molecule has 0 bridgehead atoms.